The Labute approximate surface area is 136 Å². The van der Waals surface area contributed by atoms with E-state index in [1.165, 1.54) is 0 Å². The maximum atomic E-state index is 12.4. The number of ether oxygens (including phenoxy) is 1. The summed E-state index contributed by atoms with van der Waals surface area (Å²) >= 11 is 0. The molecule has 0 radical (unpaired) electrons. The van der Waals surface area contributed by atoms with E-state index >= 15 is 0 Å². The highest BCUT2D eigenvalue weighted by Crippen LogP contribution is 2.24. The van der Waals surface area contributed by atoms with Gasteiger partial charge in [-0.15, -0.1) is 0 Å². The molecule has 0 aromatic heterocycles. The Morgan fingerprint density at radius 2 is 1.96 bits per heavy atom. The van der Waals surface area contributed by atoms with Crippen molar-refractivity contribution in [1.82, 2.24) is 5.32 Å². The normalized spacial score (nSPS) is 19.6. The monoisotopic (exact) mass is 320 g/mol. The first-order valence-corrected chi connectivity index (χ1v) is 7.76. The van der Waals surface area contributed by atoms with Gasteiger partial charge in [0, 0.05) is 12.2 Å². The molecule has 1 aliphatic heterocycles. The van der Waals surface area contributed by atoms with Gasteiger partial charge in [0.05, 0.1) is 6.10 Å². The Morgan fingerprint density at radius 3 is 2.48 bits per heavy atom. The Morgan fingerprint density at radius 1 is 1.35 bits per heavy atom. The van der Waals surface area contributed by atoms with Crippen molar-refractivity contribution in [3.05, 3.63) is 29.8 Å². The lowest BCUT2D eigenvalue weighted by atomic mass is 10.1. The average Bonchev–Trinajstić information content (AvgIpc) is 2.78. The van der Waals surface area contributed by atoms with Crippen LogP contribution in [-0.2, 0) is 9.53 Å². The fourth-order valence-corrected chi connectivity index (χ4v) is 2.45. The zero-order valence-electron chi connectivity index (χ0n) is 14.0. The molecule has 2 N–H and O–H groups in total. The predicted octanol–water partition coefficient (Wildman–Crippen LogP) is 2.37. The topological polar surface area (TPSA) is 78.9 Å². The molecule has 2 atom stereocenters. The third-order valence-electron chi connectivity index (χ3n) is 3.58. The minimum Gasteiger partial charge on any atom is -0.444 e. The number of amides is 2. The first-order chi connectivity index (χ1) is 10.7. The van der Waals surface area contributed by atoms with Crippen LogP contribution in [0.25, 0.3) is 0 Å². The van der Waals surface area contributed by atoms with Crippen molar-refractivity contribution < 1.29 is 19.4 Å². The zero-order valence-corrected chi connectivity index (χ0v) is 14.0. The maximum absolute atomic E-state index is 12.4. The van der Waals surface area contributed by atoms with Crippen molar-refractivity contribution in [1.29, 1.82) is 0 Å². The average molecular weight is 320 g/mol. The van der Waals surface area contributed by atoms with Gasteiger partial charge in [-0.2, -0.15) is 0 Å². The van der Waals surface area contributed by atoms with Gasteiger partial charge in [-0.05, 0) is 51.8 Å². The van der Waals surface area contributed by atoms with E-state index in [0.717, 1.165) is 11.3 Å². The molecule has 1 aromatic rings. The molecule has 2 rings (SSSR count). The lowest BCUT2D eigenvalue weighted by Gasteiger charge is -2.22. The summed E-state index contributed by atoms with van der Waals surface area (Å²) < 4.78 is 5.18. The second-order valence-corrected chi connectivity index (χ2v) is 6.74. The summed E-state index contributed by atoms with van der Waals surface area (Å²) in [6, 6.07) is 6.62. The number of benzene rings is 1. The van der Waals surface area contributed by atoms with Crippen LogP contribution in [-0.4, -0.2) is 35.3 Å². The van der Waals surface area contributed by atoms with E-state index < -0.39 is 23.8 Å². The fourth-order valence-electron chi connectivity index (χ4n) is 2.45. The molecule has 1 saturated heterocycles. The minimum atomic E-state index is -0.595. The predicted molar refractivity (Wildman–Crippen MR) is 87.2 cm³/mol. The summed E-state index contributed by atoms with van der Waals surface area (Å²) in [6.07, 6.45) is -0.585. The summed E-state index contributed by atoms with van der Waals surface area (Å²) in [5.41, 5.74) is 0.958. The van der Waals surface area contributed by atoms with E-state index in [1.54, 1.807) is 56.9 Å². The van der Waals surface area contributed by atoms with E-state index in [-0.39, 0.29) is 5.91 Å². The molecular weight excluding hydrogens is 296 g/mol. The van der Waals surface area contributed by atoms with Crippen LogP contribution in [0.4, 0.5) is 10.5 Å². The Balaban J connectivity index is 2.00. The highest BCUT2D eigenvalue weighted by Gasteiger charge is 2.34. The number of rotatable bonds is 3. The second kappa shape index (κ2) is 6.58. The molecule has 1 aliphatic rings. The van der Waals surface area contributed by atoms with Gasteiger partial charge in [0.1, 0.15) is 11.6 Å². The van der Waals surface area contributed by atoms with E-state index in [4.69, 9.17) is 4.74 Å². The lowest BCUT2D eigenvalue weighted by Crippen LogP contribution is -2.43. The van der Waals surface area contributed by atoms with Crippen LogP contribution in [0, 0.1) is 0 Å². The molecule has 126 valence electrons. The first-order valence-electron chi connectivity index (χ1n) is 7.76. The second-order valence-electron chi connectivity index (χ2n) is 6.74. The first kappa shape index (κ1) is 17.3. The number of nitrogens with one attached hydrogen (secondary N) is 1. The van der Waals surface area contributed by atoms with Gasteiger partial charge in [0.15, 0.2) is 0 Å². The van der Waals surface area contributed by atoms with Crippen molar-refractivity contribution in [2.24, 2.45) is 0 Å². The van der Waals surface area contributed by atoms with Crippen LogP contribution in [0.2, 0.25) is 0 Å². The van der Waals surface area contributed by atoms with Gasteiger partial charge in [0.25, 0.3) is 0 Å². The van der Waals surface area contributed by atoms with Crippen LogP contribution in [0.5, 0.6) is 0 Å². The summed E-state index contributed by atoms with van der Waals surface area (Å²) in [6.45, 7) is 7.56. The fraction of sp³-hybridized carbons (Fsp3) is 0.529. The quantitative estimate of drug-likeness (QED) is 0.896. The van der Waals surface area contributed by atoms with Crippen molar-refractivity contribution in [2.45, 2.75) is 51.9 Å². The molecule has 6 nitrogen and oxygen atoms in total. The number of hydrogen-bond acceptors (Lipinski definition) is 4. The molecule has 23 heavy (non-hydrogen) atoms. The highest BCUT2D eigenvalue weighted by atomic mass is 16.6. The molecule has 1 heterocycles. The molecule has 1 fully saturated rings. The van der Waals surface area contributed by atoms with Gasteiger partial charge in [0.2, 0.25) is 5.91 Å². The molecule has 0 bridgehead atoms. The molecule has 6 heteroatoms. The van der Waals surface area contributed by atoms with Crippen LogP contribution < -0.4 is 10.2 Å². The van der Waals surface area contributed by atoms with Crippen LogP contribution in [0.3, 0.4) is 0 Å². The van der Waals surface area contributed by atoms with Crippen LogP contribution >= 0.6 is 0 Å². The van der Waals surface area contributed by atoms with Crippen molar-refractivity contribution in [3.63, 3.8) is 0 Å². The van der Waals surface area contributed by atoms with Gasteiger partial charge in [-0.25, -0.2) is 4.79 Å². The van der Waals surface area contributed by atoms with Gasteiger partial charge < -0.3 is 20.1 Å². The number of carbonyl (C=O) groups is 2. The Bertz CT molecular complexity index is 575. The largest absolute Gasteiger partial charge is 0.444 e. The molecular formula is C17H24N2O4. The third kappa shape index (κ3) is 4.45. The van der Waals surface area contributed by atoms with Crippen LogP contribution in [0.1, 0.15) is 45.8 Å². The van der Waals surface area contributed by atoms with E-state index in [0.29, 0.717) is 13.0 Å². The van der Waals surface area contributed by atoms with Crippen molar-refractivity contribution in [3.8, 4) is 0 Å². The highest BCUT2D eigenvalue weighted by molar-refractivity contribution is 6.00. The smallest absolute Gasteiger partial charge is 0.408 e. The molecule has 0 saturated carbocycles. The molecule has 0 spiro atoms. The Hall–Kier alpha value is -2.08. The number of anilines is 1. The summed E-state index contributed by atoms with van der Waals surface area (Å²) in [7, 11) is 0. The lowest BCUT2D eigenvalue weighted by molar-refractivity contribution is -0.118. The van der Waals surface area contributed by atoms with E-state index in [9.17, 15) is 14.7 Å². The summed E-state index contributed by atoms with van der Waals surface area (Å²) in [5.74, 6) is -0.152. The van der Waals surface area contributed by atoms with Gasteiger partial charge in [-0.3, -0.25) is 4.79 Å². The number of carbonyl (C=O) groups excluding carboxylic acids is 2. The molecule has 2 unspecified atom stereocenters. The summed E-state index contributed by atoms with van der Waals surface area (Å²) in [5, 5.41) is 12.1. The third-order valence-corrected chi connectivity index (χ3v) is 3.58. The molecule has 2 amide bonds. The van der Waals surface area contributed by atoms with Crippen molar-refractivity contribution in [2.75, 3.05) is 11.4 Å². The SMILES string of the molecule is CC(O)c1ccc(N2CCC(NC(=O)OC(C)(C)C)C2=O)cc1. The molecule has 0 aliphatic carbocycles. The standard InChI is InChI=1S/C17H24N2O4/c1-11(20)12-5-7-13(8-6-12)19-10-9-14(15(19)21)18-16(22)23-17(2,3)4/h5-8,11,14,20H,9-10H2,1-4H3,(H,18,22). The minimum absolute atomic E-state index is 0.152. The van der Waals surface area contributed by atoms with Crippen LogP contribution in [0.15, 0.2) is 24.3 Å². The Kier molecular flexibility index (Phi) is 4.94. The van der Waals surface area contributed by atoms with Gasteiger partial charge in [-0.1, -0.05) is 12.1 Å². The van der Waals surface area contributed by atoms with Gasteiger partial charge >= 0.3 is 6.09 Å². The number of aliphatic hydroxyl groups excluding tert-OH is 1. The molecule has 1 aromatic carbocycles. The number of aliphatic hydroxyl groups is 1. The number of alkyl carbamates (subject to hydrolysis) is 1. The van der Waals surface area contributed by atoms with E-state index in [1.807, 2.05) is 0 Å². The number of hydrogen-bond donors (Lipinski definition) is 2. The van der Waals surface area contributed by atoms with E-state index in [2.05, 4.69) is 5.32 Å². The van der Waals surface area contributed by atoms with Crippen molar-refractivity contribution >= 4 is 17.7 Å². The number of nitrogens with zero attached hydrogens (tertiary/aromatic N) is 1. The zero-order chi connectivity index (χ0) is 17.2. The summed E-state index contributed by atoms with van der Waals surface area (Å²) in [4.78, 5) is 25.9. The maximum Gasteiger partial charge on any atom is 0.408 e.